The maximum absolute atomic E-state index is 3.71. The molecule has 0 saturated heterocycles. The van der Waals surface area contributed by atoms with E-state index in [1.54, 1.807) is 0 Å². The van der Waals surface area contributed by atoms with Gasteiger partial charge in [-0.3, -0.25) is 0 Å². The highest BCUT2D eigenvalue weighted by Crippen LogP contribution is 2.33. The van der Waals surface area contributed by atoms with Crippen LogP contribution in [0.2, 0.25) is 0 Å². The Bertz CT molecular complexity index is 179. The van der Waals surface area contributed by atoms with Crippen molar-refractivity contribution < 1.29 is 0 Å². The summed E-state index contributed by atoms with van der Waals surface area (Å²) in [6.07, 6.45) is 8.17. The molecule has 1 fully saturated rings. The van der Waals surface area contributed by atoms with Gasteiger partial charge < -0.3 is 10.2 Å². The molecule has 0 unspecified atom stereocenters. The highest BCUT2D eigenvalue weighted by atomic mass is 15.2. The molecule has 0 aromatic carbocycles. The van der Waals surface area contributed by atoms with Gasteiger partial charge in [-0.25, -0.2) is 0 Å². The van der Waals surface area contributed by atoms with Crippen LogP contribution in [-0.4, -0.2) is 37.6 Å². The van der Waals surface area contributed by atoms with E-state index in [2.05, 4.69) is 38.2 Å². The first-order valence-corrected chi connectivity index (χ1v) is 7.02. The van der Waals surface area contributed by atoms with Crippen molar-refractivity contribution in [2.24, 2.45) is 5.92 Å². The second kappa shape index (κ2) is 6.61. The second-order valence-electron chi connectivity index (χ2n) is 5.64. The van der Waals surface area contributed by atoms with Crippen LogP contribution in [0.3, 0.4) is 0 Å². The average molecular weight is 226 g/mol. The minimum absolute atomic E-state index is 0.450. The van der Waals surface area contributed by atoms with E-state index in [4.69, 9.17) is 0 Å². The molecule has 1 aliphatic rings. The summed E-state index contributed by atoms with van der Waals surface area (Å²) in [6, 6.07) is 0. The topological polar surface area (TPSA) is 15.3 Å². The van der Waals surface area contributed by atoms with Crippen molar-refractivity contribution in [3.8, 4) is 0 Å². The normalized spacial score (nSPS) is 19.9. The van der Waals surface area contributed by atoms with Crippen molar-refractivity contribution in [1.82, 2.24) is 10.2 Å². The van der Waals surface area contributed by atoms with Gasteiger partial charge in [0.15, 0.2) is 0 Å². The van der Waals surface area contributed by atoms with Crippen LogP contribution in [0, 0.1) is 5.92 Å². The summed E-state index contributed by atoms with van der Waals surface area (Å²) in [4.78, 5) is 2.44. The molecule has 1 saturated carbocycles. The Kier molecular flexibility index (Phi) is 5.77. The van der Waals surface area contributed by atoms with Gasteiger partial charge >= 0.3 is 0 Å². The maximum Gasteiger partial charge on any atom is 0.0327 e. The summed E-state index contributed by atoms with van der Waals surface area (Å²) in [5, 5.41) is 3.71. The van der Waals surface area contributed by atoms with E-state index in [0.717, 1.165) is 5.92 Å². The van der Waals surface area contributed by atoms with E-state index in [0.29, 0.717) is 5.54 Å². The van der Waals surface area contributed by atoms with E-state index >= 15 is 0 Å². The fraction of sp³-hybridized carbons (Fsp3) is 1.00. The predicted molar refractivity (Wildman–Crippen MR) is 71.8 cm³/mol. The Labute approximate surface area is 102 Å². The smallest absolute Gasteiger partial charge is 0.0327 e. The van der Waals surface area contributed by atoms with Crippen molar-refractivity contribution in [2.75, 3.05) is 27.2 Å². The van der Waals surface area contributed by atoms with Crippen LogP contribution in [-0.2, 0) is 0 Å². The number of nitrogens with one attached hydrogen (secondary N) is 1. The van der Waals surface area contributed by atoms with Crippen molar-refractivity contribution in [2.45, 2.75) is 57.9 Å². The van der Waals surface area contributed by atoms with Crippen molar-refractivity contribution in [3.63, 3.8) is 0 Å². The first-order chi connectivity index (χ1) is 7.64. The lowest BCUT2D eigenvalue weighted by atomic mass is 9.95. The Morgan fingerprint density at radius 3 is 2.12 bits per heavy atom. The molecule has 0 aliphatic heterocycles. The van der Waals surface area contributed by atoms with Gasteiger partial charge in [-0.05, 0) is 39.4 Å². The SMILES string of the molecule is CCC(CC)CNCC1(N(C)C)CCCC1. The average Bonchev–Trinajstić information content (AvgIpc) is 2.74. The number of hydrogen-bond acceptors (Lipinski definition) is 2. The molecule has 0 radical (unpaired) electrons. The lowest BCUT2D eigenvalue weighted by molar-refractivity contribution is 0.152. The highest BCUT2D eigenvalue weighted by molar-refractivity contribution is 4.94. The summed E-state index contributed by atoms with van der Waals surface area (Å²) >= 11 is 0. The molecule has 0 bridgehead atoms. The summed E-state index contributed by atoms with van der Waals surface area (Å²) in [5.74, 6) is 0.862. The molecule has 0 spiro atoms. The minimum atomic E-state index is 0.450. The third-order valence-electron chi connectivity index (χ3n) is 4.52. The third-order valence-corrected chi connectivity index (χ3v) is 4.52. The third kappa shape index (κ3) is 3.46. The first-order valence-electron chi connectivity index (χ1n) is 7.02. The zero-order chi connectivity index (χ0) is 12.0. The molecule has 16 heavy (non-hydrogen) atoms. The lowest BCUT2D eigenvalue weighted by Crippen LogP contribution is -2.50. The summed E-state index contributed by atoms with van der Waals surface area (Å²) < 4.78 is 0. The van der Waals surface area contributed by atoms with Crippen LogP contribution in [0.5, 0.6) is 0 Å². The molecule has 96 valence electrons. The lowest BCUT2D eigenvalue weighted by Gasteiger charge is -2.37. The van der Waals surface area contributed by atoms with E-state index in [1.165, 1.54) is 51.6 Å². The molecule has 1 rings (SSSR count). The van der Waals surface area contributed by atoms with Crippen LogP contribution >= 0.6 is 0 Å². The maximum atomic E-state index is 3.71. The van der Waals surface area contributed by atoms with Gasteiger partial charge in [0, 0.05) is 12.1 Å². The monoisotopic (exact) mass is 226 g/mol. The zero-order valence-electron chi connectivity index (χ0n) is 11.7. The van der Waals surface area contributed by atoms with Crippen molar-refractivity contribution in [1.29, 1.82) is 0 Å². The van der Waals surface area contributed by atoms with Gasteiger partial charge in [0.05, 0.1) is 0 Å². The Hall–Kier alpha value is -0.0800. The molecule has 0 aromatic heterocycles. The number of nitrogens with zero attached hydrogens (tertiary/aromatic N) is 1. The van der Waals surface area contributed by atoms with E-state index in [9.17, 15) is 0 Å². The zero-order valence-corrected chi connectivity index (χ0v) is 11.7. The molecule has 1 aliphatic carbocycles. The Balaban J connectivity index is 2.33. The largest absolute Gasteiger partial charge is 0.315 e. The van der Waals surface area contributed by atoms with Gasteiger partial charge in [0.25, 0.3) is 0 Å². The fourth-order valence-corrected chi connectivity index (χ4v) is 2.90. The van der Waals surface area contributed by atoms with E-state index in [1.807, 2.05) is 0 Å². The molecule has 2 nitrogen and oxygen atoms in total. The van der Waals surface area contributed by atoms with Gasteiger partial charge in [-0.1, -0.05) is 39.5 Å². The highest BCUT2D eigenvalue weighted by Gasteiger charge is 2.35. The van der Waals surface area contributed by atoms with Gasteiger partial charge in [0.1, 0.15) is 0 Å². The molecule has 1 N–H and O–H groups in total. The Morgan fingerprint density at radius 1 is 1.12 bits per heavy atom. The van der Waals surface area contributed by atoms with Gasteiger partial charge in [-0.2, -0.15) is 0 Å². The summed E-state index contributed by atoms with van der Waals surface area (Å²) in [7, 11) is 4.48. The first kappa shape index (κ1) is 14.0. The van der Waals surface area contributed by atoms with E-state index in [-0.39, 0.29) is 0 Å². The van der Waals surface area contributed by atoms with Crippen molar-refractivity contribution >= 4 is 0 Å². The van der Waals surface area contributed by atoms with Crippen LogP contribution in [0.4, 0.5) is 0 Å². The molecule has 2 heteroatoms. The molecule has 0 amide bonds. The Morgan fingerprint density at radius 2 is 1.69 bits per heavy atom. The predicted octanol–water partition coefficient (Wildman–Crippen LogP) is 2.89. The van der Waals surface area contributed by atoms with Crippen LogP contribution < -0.4 is 5.32 Å². The number of hydrogen-bond donors (Lipinski definition) is 1. The number of rotatable bonds is 7. The van der Waals surface area contributed by atoms with Gasteiger partial charge in [-0.15, -0.1) is 0 Å². The fourth-order valence-electron chi connectivity index (χ4n) is 2.90. The van der Waals surface area contributed by atoms with Crippen LogP contribution in [0.1, 0.15) is 52.4 Å². The summed E-state index contributed by atoms with van der Waals surface area (Å²) in [6.45, 7) is 6.97. The molecule has 0 atom stereocenters. The minimum Gasteiger partial charge on any atom is -0.315 e. The molecule has 0 heterocycles. The number of likely N-dealkylation sites (N-methyl/N-ethyl adjacent to an activating group) is 1. The summed E-state index contributed by atoms with van der Waals surface area (Å²) in [5.41, 5.74) is 0.450. The van der Waals surface area contributed by atoms with Gasteiger partial charge in [0.2, 0.25) is 0 Å². The van der Waals surface area contributed by atoms with Crippen LogP contribution in [0.15, 0.2) is 0 Å². The molecule has 0 aromatic rings. The van der Waals surface area contributed by atoms with Crippen LogP contribution in [0.25, 0.3) is 0 Å². The van der Waals surface area contributed by atoms with E-state index < -0.39 is 0 Å². The standard InChI is InChI=1S/C14H30N2/c1-5-13(6-2)11-15-12-14(16(3)4)9-7-8-10-14/h13,15H,5-12H2,1-4H3. The molecular formula is C14H30N2. The second-order valence-corrected chi connectivity index (χ2v) is 5.64. The molecular weight excluding hydrogens is 196 g/mol. The quantitative estimate of drug-likeness (QED) is 0.718. The van der Waals surface area contributed by atoms with Crippen molar-refractivity contribution in [3.05, 3.63) is 0 Å².